The highest BCUT2D eigenvalue weighted by Gasteiger charge is 2.35. The zero-order chi connectivity index (χ0) is 15.4. The average molecular weight is 285 g/mol. The molecule has 21 heavy (non-hydrogen) atoms. The Kier molecular flexibility index (Phi) is 4.60. The van der Waals surface area contributed by atoms with Crippen LogP contribution in [0.5, 0.6) is 0 Å². The van der Waals surface area contributed by atoms with Gasteiger partial charge in [-0.2, -0.15) is 0 Å². The summed E-state index contributed by atoms with van der Waals surface area (Å²) in [6.07, 6.45) is 0. The zero-order valence-corrected chi connectivity index (χ0v) is 11.9. The third-order valence-corrected chi connectivity index (χ3v) is 3.07. The Labute approximate surface area is 124 Å². The van der Waals surface area contributed by atoms with E-state index in [0.717, 1.165) is 5.56 Å². The second-order valence-corrected chi connectivity index (χ2v) is 4.85. The molecule has 0 radical (unpaired) electrons. The Morgan fingerprint density at radius 2 is 1.62 bits per heavy atom. The van der Waals surface area contributed by atoms with E-state index in [-0.39, 0.29) is 13.1 Å². The molecular weight excluding hydrogens is 269 g/mol. The lowest BCUT2D eigenvalue weighted by Gasteiger charge is -2.24. The van der Waals surface area contributed by atoms with Gasteiger partial charge in [-0.15, -0.1) is 0 Å². The molecular formula is C15H16BNO4. The monoisotopic (exact) mass is 285 g/mol. The normalized spacial score (nSPS) is 16.5. The van der Waals surface area contributed by atoms with Crippen molar-refractivity contribution < 1.29 is 18.9 Å². The average Bonchev–Trinajstić information content (AvgIpc) is 2.44. The summed E-state index contributed by atoms with van der Waals surface area (Å²) in [5.41, 5.74) is 1.75. The molecule has 0 N–H and O–H groups in total. The number of carbonyl (C=O) groups is 2. The number of nitrogens with zero attached hydrogens (tertiary/aromatic N) is 1. The Morgan fingerprint density at radius 3 is 2.14 bits per heavy atom. The van der Waals surface area contributed by atoms with E-state index < -0.39 is 19.1 Å². The fourth-order valence-electron chi connectivity index (χ4n) is 1.94. The molecule has 1 aromatic carbocycles. The van der Waals surface area contributed by atoms with E-state index in [0.29, 0.717) is 11.0 Å². The zero-order valence-electron chi connectivity index (χ0n) is 11.9. The molecule has 108 valence electrons. The summed E-state index contributed by atoms with van der Waals surface area (Å²) in [7, 11) is 0.506. The van der Waals surface area contributed by atoms with Crippen molar-refractivity contribution in [1.29, 1.82) is 0 Å². The molecule has 0 bridgehead atoms. The molecule has 1 saturated heterocycles. The second kappa shape index (κ2) is 6.41. The molecule has 0 spiro atoms. The van der Waals surface area contributed by atoms with Crippen LogP contribution in [0.4, 0.5) is 0 Å². The highest BCUT2D eigenvalue weighted by atomic mass is 16.6. The Bertz CT molecular complexity index is 565. The fourth-order valence-corrected chi connectivity index (χ4v) is 1.94. The minimum absolute atomic E-state index is 0.0245. The van der Waals surface area contributed by atoms with E-state index in [1.165, 1.54) is 4.90 Å². The van der Waals surface area contributed by atoms with Crippen LogP contribution in [0.25, 0.3) is 5.57 Å². The third-order valence-electron chi connectivity index (χ3n) is 3.07. The first kappa shape index (κ1) is 15.1. The van der Waals surface area contributed by atoms with E-state index in [2.05, 4.69) is 13.2 Å². The SMILES string of the molecule is C=C(B1OC(=O)CN(C)CC(=O)O1)C(=C)c1ccccc1. The van der Waals surface area contributed by atoms with Crippen LogP contribution >= 0.6 is 0 Å². The van der Waals surface area contributed by atoms with Crippen LogP contribution in [0.15, 0.2) is 49.0 Å². The van der Waals surface area contributed by atoms with Gasteiger partial charge in [0.25, 0.3) is 0 Å². The number of hydrogen-bond acceptors (Lipinski definition) is 5. The lowest BCUT2D eigenvalue weighted by Crippen LogP contribution is -2.43. The fraction of sp³-hybridized carbons (Fsp3) is 0.200. The van der Waals surface area contributed by atoms with Gasteiger partial charge in [-0.25, -0.2) is 0 Å². The number of allylic oxidation sites excluding steroid dienone is 2. The number of benzene rings is 1. The van der Waals surface area contributed by atoms with Crippen molar-refractivity contribution in [2.75, 3.05) is 20.1 Å². The van der Waals surface area contributed by atoms with Crippen molar-refractivity contribution in [3.05, 3.63) is 54.5 Å². The van der Waals surface area contributed by atoms with Gasteiger partial charge >= 0.3 is 19.1 Å². The summed E-state index contributed by atoms with van der Waals surface area (Å²) in [5, 5.41) is 0. The number of hydrogen-bond donors (Lipinski definition) is 0. The van der Waals surface area contributed by atoms with Gasteiger partial charge < -0.3 is 9.31 Å². The van der Waals surface area contributed by atoms with Gasteiger partial charge in [0.15, 0.2) is 0 Å². The highest BCUT2D eigenvalue weighted by Crippen LogP contribution is 2.23. The van der Waals surface area contributed by atoms with Gasteiger partial charge in [-0.1, -0.05) is 43.5 Å². The number of rotatable bonds is 3. The molecule has 5 nitrogen and oxygen atoms in total. The maximum Gasteiger partial charge on any atom is 0.636 e. The topological polar surface area (TPSA) is 55.8 Å². The molecule has 1 heterocycles. The maximum absolute atomic E-state index is 11.7. The van der Waals surface area contributed by atoms with Crippen LogP contribution in [0.2, 0.25) is 0 Å². The van der Waals surface area contributed by atoms with Gasteiger partial charge in [0, 0.05) is 5.47 Å². The highest BCUT2D eigenvalue weighted by molar-refractivity contribution is 6.61. The molecule has 0 unspecified atom stereocenters. The molecule has 0 aromatic heterocycles. The largest absolute Gasteiger partial charge is 0.636 e. The summed E-state index contributed by atoms with van der Waals surface area (Å²) >= 11 is 0. The first-order valence-electron chi connectivity index (χ1n) is 6.48. The summed E-state index contributed by atoms with van der Waals surface area (Å²) in [4.78, 5) is 24.9. The molecule has 1 fully saturated rings. The minimum atomic E-state index is -1.13. The van der Waals surface area contributed by atoms with Crippen LogP contribution in [0.1, 0.15) is 5.56 Å². The first-order chi connectivity index (χ1) is 9.97. The van der Waals surface area contributed by atoms with E-state index in [1.54, 1.807) is 7.05 Å². The molecule has 0 aliphatic carbocycles. The Hall–Kier alpha value is -2.34. The van der Waals surface area contributed by atoms with Crippen molar-refractivity contribution in [3.8, 4) is 0 Å². The third kappa shape index (κ3) is 3.82. The summed E-state index contributed by atoms with van der Waals surface area (Å²) in [6, 6.07) is 9.31. The predicted molar refractivity (Wildman–Crippen MR) is 80.1 cm³/mol. The Balaban J connectivity index is 2.15. The van der Waals surface area contributed by atoms with Gasteiger partial charge in [-0.05, 0) is 18.2 Å². The number of likely N-dealkylation sites (N-methyl/N-ethyl adjacent to an activating group) is 1. The van der Waals surface area contributed by atoms with Crippen LogP contribution in [0.3, 0.4) is 0 Å². The number of carbonyl (C=O) groups excluding carboxylic acids is 2. The van der Waals surface area contributed by atoms with Crippen molar-refractivity contribution in [3.63, 3.8) is 0 Å². The second-order valence-electron chi connectivity index (χ2n) is 4.85. The molecule has 1 aliphatic heterocycles. The van der Waals surface area contributed by atoms with Gasteiger partial charge in [0.1, 0.15) is 0 Å². The smallest absolute Gasteiger partial charge is 0.494 e. The molecule has 0 saturated carbocycles. The molecule has 1 aromatic rings. The molecule has 0 atom stereocenters. The van der Waals surface area contributed by atoms with Gasteiger partial charge in [0.05, 0.1) is 13.1 Å². The minimum Gasteiger partial charge on any atom is -0.494 e. The van der Waals surface area contributed by atoms with E-state index in [9.17, 15) is 9.59 Å². The Morgan fingerprint density at radius 1 is 1.10 bits per heavy atom. The molecule has 2 rings (SSSR count). The molecule has 1 aliphatic rings. The van der Waals surface area contributed by atoms with Crippen molar-refractivity contribution in [2.45, 2.75) is 0 Å². The standard InChI is InChI=1S/C15H16BNO4/c1-11(13-7-5-4-6-8-13)12(2)16-20-14(18)9-17(3)10-15(19)21-16/h4-8H,1-2,9-10H2,3H3. The van der Waals surface area contributed by atoms with E-state index >= 15 is 0 Å². The first-order valence-corrected chi connectivity index (χ1v) is 6.48. The molecule has 0 amide bonds. The van der Waals surface area contributed by atoms with Gasteiger partial charge in [-0.3, -0.25) is 14.5 Å². The predicted octanol–water partition coefficient (Wildman–Crippen LogP) is 1.32. The van der Waals surface area contributed by atoms with Crippen LogP contribution in [-0.4, -0.2) is 44.1 Å². The summed E-state index contributed by atoms with van der Waals surface area (Å²) < 4.78 is 10.3. The van der Waals surface area contributed by atoms with Crippen molar-refractivity contribution in [2.24, 2.45) is 0 Å². The van der Waals surface area contributed by atoms with E-state index in [1.807, 2.05) is 30.3 Å². The van der Waals surface area contributed by atoms with Crippen LogP contribution in [-0.2, 0) is 18.9 Å². The van der Waals surface area contributed by atoms with Gasteiger partial charge in [0.2, 0.25) is 0 Å². The van der Waals surface area contributed by atoms with E-state index in [4.69, 9.17) is 9.31 Å². The quantitative estimate of drug-likeness (QED) is 0.619. The van der Waals surface area contributed by atoms with Crippen molar-refractivity contribution in [1.82, 2.24) is 4.90 Å². The van der Waals surface area contributed by atoms with Crippen LogP contribution < -0.4 is 0 Å². The van der Waals surface area contributed by atoms with Crippen molar-refractivity contribution >= 4 is 24.6 Å². The lowest BCUT2D eigenvalue weighted by molar-refractivity contribution is -0.145. The summed E-state index contributed by atoms with van der Waals surface area (Å²) in [5.74, 6) is -0.950. The molecule has 6 heteroatoms. The van der Waals surface area contributed by atoms with Crippen LogP contribution in [0, 0.1) is 0 Å². The maximum atomic E-state index is 11.7. The lowest BCUT2D eigenvalue weighted by atomic mass is 9.73. The summed E-state index contributed by atoms with van der Waals surface area (Å²) in [6.45, 7) is 7.82.